The zero-order valence-corrected chi connectivity index (χ0v) is 13.7. The van der Waals surface area contributed by atoms with Crippen LogP contribution in [-0.2, 0) is 9.84 Å². The Hall–Kier alpha value is -3.04. The molecule has 0 aliphatic carbocycles. The number of nitrogens with zero attached hydrogens (tertiary/aromatic N) is 1. The maximum atomic E-state index is 12.7. The molecule has 0 aliphatic heterocycles. The van der Waals surface area contributed by atoms with E-state index < -0.39 is 9.84 Å². The number of ether oxygens (including phenoxy) is 1. The van der Waals surface area contributed by atoms with E-state index in [0.29, 0.717) is 11.3 Å². The Labute approximate surface area is 139 Å². The molecule has 1 N–H and O–H groups in total. The molecule has 0 radical (unpaired) electrons. The van der Waals surface area contributed by atoms with Crippen LogP contribution in [0.4, 0.5) is 0 Å². The summed E-state index contributed by atoms with van der Waals surface area (Å²) >= 11 is 0. The van der Waals surface area contributed by atoms with E-state index in [1.165, 1.54) is 25.3 Å². The number of nitriles is 1. The van der Waals surface area contributed by atoms with Crippen molar-refractivity contribution in [3.63, 3.8) is 0 Å². The number of nitrogens with one attached hydrogen (secondary N) is 1. The third-order valence-electron chi connectivity index (χ3n) is 3.68. The Morgan fingerprint density at radius 2 is 1.88 bits per heavy atom. The third kappa shape index (κ3) is 2.77. The molecule has 0 fully saturated rings. The molecule has 0 saturated heterocycles. The van der Waals surface area contributed by atoms with E-state index in [1.807, 2.05) is 24.3 Å². The van der Waals surface area contributed by atoms with E-state index in [0.717, 1.165) is 10.9 Å². The summed E-state index contributed by atoms with van der Waals surface area (Å²) in [4.78, 5) is 2.80. The number of aromatic amines is 1. The van der Waals surface area contributed by atoms with Crippen LogP contribution in [-0.4, -0.2) is 20.5 Å². The van der Waals surface area contributed by atoms with Crippen LogP contribution >= 0.6 is 0 Å². The third-order valence-corrected chi connectivity index (χ3v) is 5.36. The molecule has 3 aromatic rings. The van der Waals surface area contributed by atoms with Crippen LogP contribution < -0.4 is 4.74 Å². The Bertz CT molecular complexity index is 1060. The van der Waals surface area contributed by atoms with Gasteiger partial charge in [-0.1, -0.05) is 18.2 Å². The van der Waals surface area contributed by atoms with Gasteiger partial charge < -0.3 is 9.72 Å². The molecule has 6 heteroatoms. The molecular weight excluding hydrogens is 324 g/mol. The second-order valence-electron chi connectivity index (χ2n) is 5.09. The number of allylic oxidation sites excluding steroid dienone is 1. The molecule has 2 aromatic carbocycles. The van der Waals surface area contributed by atoms with E-state index in [-0.39, 0.29) is 9.80 Å². The Balaban J connectivity index is 2.08. The molecular formula is C18H14N2O3S. The lowest BCUT2D eigenvalue weighted by atomic mass is 10.1. The van der Waals surface area contributed by atoms with Crippen LogP contribution in [0, 0.1) is 11.3 Å². The van der Waals surface area contributed by atoms with Crippen LogP contribution in [0.15, 0.2) is 64.5 Å². The molecule has 1 heterocycles. The Morgan fingerprint density at radius 1 is 1.17 bits per heavy atom. The van der Waals surface area contributed by atoms with E-state index in [9.17, 15) is 13.7 Å². The minimum Gasteiger partial charge on any atom is -0.497 e. The van der Waals surface area contributed by atoms with Crippen molar-refractivity contribution in [2.24, 2.45) is 0 Å². The SMILES string of the molecule is COc1ccc(S(=O)(=O)/C(C#N)=C/c2c[nH]c3ccccc23)cc1. The summed E-state index contributed by atoms with van der Waals surface area (Å²) in [6.45, 7) is 0. The van der Waals surface area contributed by atoms with Gasteiger partial charge in [-0.2, -0.15) is 5.26 Å². The normalized spacial score (nSPS) is 12.1. The molecule has 1 aromatic heterocycles. The summed E-state index contributed by atoms with van der Waals surface area (Å²) in [6.07, 6.45) is 3.07. The van der Waals surface area contributed by atoms with Gasteiger partial charge in [0.15, 0.2) is 0 Å². The molecule has 0 saturated carbocycles. The average molecular weight is 338 g/mol. The standard InChI is InChI=1S/C18H14N2O3S/c1-23-14-6-8-15(9-7-14)24(21,22)16(11-19)10-13-12-20-18-5-3-2-4-17(13)18/h2-10,12,20H,1H3/b16-10+. The fourth-order valence-electron chi connectivity index (χ4n) is 2.41. The molecule has 24 heavy (non-hydrogen) atoms. The first kappa shape index (κ1) is 15.8. The summed E-state index contributed by atoms with van der Waals surface area (Å²) in [5, 5.41) is 10.2. The van der Waals surface area contributed by atoms with Gasteiger partial charge in [-0.25, -0.2) is 8.42 Å². The Morgan fingerprint density at radius 3 is 2.54 bits per heavy atom. The number of fused-ring (bicyclic) bond motifs is 1. The quantitative estimate of drug-likeness (QED) is 0.738. The highest BCUT2D eigenvalue weighted by molar-refractivity contribution is 7.95. The molecule has 0 unspecified atom stereocenters. The van der Waals surface area contributed by atoms with Crippen molar-refractivity contribution < 1.29 is 13.2 Å². The topological polar surface area (TPSA) is 82.9 Å². The summed E-state index contributed by atoms with van der Waals surface area (Å²) in [5.41, 5.74) is 1.53. The fourth-order valence-corrected chi connectivity index (χ4v) is 3.56. The molecule has 0 amide bonds. The van der Waals surface area contributed by atoms with Crippen molar-refractivity contribution in [2.45, 2.75) is 4.90 Å². The lowest BCUT2D eigenvalue weighted by Gasteiger charge is -2.04. The molecule has 120 valence electrons. The molecule has 0 bridgehead atoms. The minimum absolute atomic E-state index is 0.0518. The first-order chi connectivity index (χ1) is 11.6. The molecule has 0 aliphatic rings. The van der Waals surface area contributed by atoms with Gasteiger partial charge in [0, 0.05) is 22.7 Å². The second-order valence-corrected chi connectivity index (χ2v) is 7.01. The van der Waals surface area contributed by atoms with Crippen molar-refractivity contribution in [1.82, 2.24) is 4.98 Å². The zero-order chi connectivity index (χ0) is 17.2. The predicted octanol–water partition coefficient (Wildman–Crippen LogP) is 3.51. The average Bonchev–Trinajstić information content (AvgIpc) is 3.02. The maximum Gasteiger partial charge on any atom is 0.216 e. The lowest BCUT2D eigenvalue weighted by Crippen LogP contribution is -2.03. The summed E-state index contributed by atoms with van der Waals surface area (Å²) in [5.74, 6) is 0.549. The van der Waals surface area contributed by atoms with Gasteiger partial charge in [-0.3, -0.25) is 0 Å². The first-order valence-electron chi connectivity index (χ1n) is 7.13. The molecule has 0 atom stereocenters. The molecule has 0 spiro atoms. The number of sulfone groups is 1. The number of hydrogen-bond donors (Lipinski definition) is 1. The van der Waals surface area contributed by atoms with E-state index in [2.05, 4.69) is 4.98 Å². The van der Waals surface area contributed by atoms with Gasteiger partial charge in [0.25, 0.3) is 0 Å². The van der Waals surface area contributed by atoms with E-state index in [4.69, 9.17) is 4.74 Å². The van der Waals surface area contributed by atoms with Gasteiger partial charge in [-0.05, 0) is 36.4 Å². The predicted molar refractivity (Wildman–Crippen MR) is 92.1 cm³/mol. The fraction of sp³-hybridized carbons (Fsp3) is 0.0556. The Kier molecular flexibility index (Phi) is 4.11. The van der Waals surface area contributed by atoms with E-state index >= 15 is 0 Å². The summed E-state index contributed by atoms with van der Waals surface area (Å²) in [7, 11) is -2.39. The van der Waals surface area contributed by atoms with Crippen molar-refractivity contribution in [1.29, 1.82) is 5.26 Å². The maximum absolute atomic E-state index is 12.7. The van der Waals surface area contributed by atoms with Gasteiger partial charge >= 0.3 is 0 Å². The number of hydrogen-bond acceptors (Lipinski definition) is 4. The van der Waals surface area contributed by atoms with Crippen molar-refractivity contribution in [3.8, 4) is 11.8 Å². The van der Waals surface area contributed by atoms with Crippen LogP contribution in [0.2, 0.25) is 0 Å². The van der Waals surface area contributed by atoms with Crippen LogP contribution in [0.1, 0.15) is 5.56 Å². The van der Waals surface area contributed by atoms with Gasteiger partial charge in [0.2, 0.25) is 9.84 Å². The highest BCUT2D eigenvalue weighted by atomic mass is 32.2. The first-order valence-corrected chi connectivity index (χ1v) is 8.61. The van der Waals surface area contributed by atoms with E-state index in [1.54, 1.807) is 24.4 Å². The largest absolute Gasteiger partial charge is 0.497 e. The van der Waals surface area contributed by atoms with Crippen LogP contribution in [0.5, 0.6) is 5.75 Å². The molecule has 3 rings (SSSR count). The number of H-pyrrole nitrogens is 1. The van der Waals surface area contributed by atoms with Crippen LogP contribution in [0.3, 0.4) is 0 Å². The highest BCUT2D eigenvalue weighted by Gasteiger charge is 2.21. The smallest absolute Gasteiger partial charge is 0.216 e. The van der Waals surface area contributed by atoms with Crippen molar-refractivity contribution >= 4 is 26.8 Å². The number of aromatic nitrogens is 1. The summed E-state index contributed by atoms with van der Waals surface area (Å²) < 4.78 is 30.4. The minimum atomic E-state index is -3.89. The second kappa shape index (κ2) is 6.22. The monoisotopic (exact) mass is 338 g/mol. The van der Waals surface area contributed by atoms with Gasteiger partial charge in [-0.15, -0.1) is 0 Å². The van der Waals surface area contributed by atoms with Crippen LogP contribution in [0.25, 0.3) is 17.0 Å². The number of rotatable bonds is 4. The van der Waals surface area contributed by atoms with Crippen molar-refractivity contribution in [2.75, 3.05) is 7.11 Å². The number of benzene rings is 2. The molecule has 5 nitrogen and oxygen atoms in total. The number of para-hydroxylation sites is 1. The van der Waals surface area contributed by atoms with Crippen molar-refractivity contribution in [3.05, 3.63) is 65.2 Å². The zero-order valence-electron chi connectivity index (χ0n) is 12.9. The lowest BCUT2D eigenvalue weighted by molar-refractivity contribution is 0.414. The highest BCUT2D eigenvalue weighted by Crippen LogP contribution is 2.26. The van der Waals surface area contributed by atoms with Gasteiger partial charge in [0.1, 0.15) is 16.7 Å². The summed E-state index contributed by atoms with van der Waals surface area (Å²) in [6, 6.07) is 15.2. The number of methoxy groups -OCH3 is 1. The van der Waals surface area contributed by atoms with Gasteiger partial charge in [0.05, 0.1) is 12.0 Å².